The van der Waals surface area contributed by atoms with E-state index in [1.807, 2.05) is 43.3 Å². The fraction of sp³-hybridized carbons (Fsp3) is 0.350. The van der Waals surface area contributed by atoms with Crippen molar-refractivity contribution < 1.29 is 14.6 Å². The highest BCUT2D eigenvalue weighted by atomic mass is 16.5. The van der Waals surface area contributed by atoms with Crippen molar-refractivity contribution in [2.24, 2.45) is 0 Å². The van der Waals surface area contributed by atoms with E-state index < -0.39 is 6.10 Å². The van der Waals surface area contributed by atoms with E-state index in [0.29, 0.717) is 12.2 Å². The molecule has 1 unspecified atom stereocenters. The van der Waals surface area contributed by atoms with Gasteiger partial charge in [-0.3, -0.25) is 4.79 Å². The number of hydrogen-bond donors (Lipinski definition) is 1. The molecule has 0 aliphatic rings. The van der Waals surface area contributed by atoms with Gasteiger partial charge in [0, 0.05) is 12.2 Å². The van der Waals surface area contributed by atoms with Crippen LogP contribution in [0.25, 0.3) is 11.1 Å². The van der Waals surface area contributed by atoms with Crippen LogP contribution in [0.3, 0.4) is 0 Å². The molecule has 2 aromatic rings. The lowest BCUT2D eigenvalue weighted by Crippen LogP contribution is -2.21. The molecule has 0 saturated heterocycles. The van der Waals surface area contributed by atoms with Crippen molar-refractivity contribution in [2.45, 2.75) is 39.2 Å². The number of Topliss-reactive ketones (excluding diaryl/α,β-unsaturated/α-hetero) is 1. The molecule has 0 aliphatic carbocycles. The van der Waals surface area contributed by atoms with Crippen LogP contribution < -0.4 is 0 Å². The molecule has 0 heterocycles. The number of aromatic hydroxyl groups is 1. The zero-order valence-corrected chi connectivity index (χ0v) is 13.8. The summed E-state index contributed by atoms with van der Waals surface area (Å²) >= 11 is 0. The number of ether oxygens (including phenoxy) is 1. The first-order valence-electron chi connectivity index (χ1n) is 8.17. The molecule has 2 rings (SSSR count). The molecule has 23 heavy (non-hydrogen) atoms. The first kappa shape index (κ1) is 17.2. The van der Waals surface area contributed by atoms with Gasteiger partial charge in [-0.05, 0) is 36.6 Å². The van der Waals surface area contributed by atoms with Crippen LogP contribution in [0.15, 0.2) is 48.5 Å². The van der Waals surface area contributed by atoms with E-state index in [0.717, 1.165) is 30.4 Å². The van der Waals surface area contributed by atoms with Crippen LogP contribution in [0.1, 0.15) is 43.5 Å². The van der Waals surface area contributed by atoms with Crippen molar-refractivity contribution in [3.63, 3.8) is 0 Å². The van der Waals surface area contributed by atoms with Gasteiger partial charge in [0.1, 0.15) is 11.9 Å². The van der Waals surface area contributed by atoms with Crippen molar-refractivity contribution in [3.05, 3.63) is 54.1 Å². The van der Waals surface area contributed by atoms with Crippen LogP contribution in [-0.2, 0) is 4.74 Å². The highest BCUT2D eigenvalue weighted by Gasteiger charge is 2.15. The van der Waals surface area contributed by atoms with Gasteiger partial charge in [0.2, 0.25) is 0 Å². The molecule has 0 aliphatic heterocycles. The molecule has 1 atom stereocenters. The van der Waals surface area contributed by atoms with Gasteiger partial charge in [0.05, 0.1) is 0 Å². The molecular formula is C20H24O3. The summed E-state index contributed by atoms with van der Waals surface area (Å²) in [5.74, 6) is 0.258. The summed E-state index contributed by atoms with van der Waals surface area (Å²) < 4.78 is 5.61. The molecule has 0 fully saturated rings. The molecule has 0 saturated carbocycles. The fourth-order valence-electron chi connectivity index (χ4n) is 2.40. The summed E-state index contributed by atoms with van der Waals surface area (Å²) in [6, 6.07) is 14.5. The highest BCUT2D eigenvalue weighted by Crippen LogP contribution is 2.22. The van der Waals surface area contributed by atoms with Crippen molar-refractivity contribution >= 4 is 5.78 Å². The number of benzene rings is 2. The Morgan fingerprint density at radius 2 is 1.57 bits per heavy atom. The van der Waals surface area contributed by atoms with Gasteiger partial charge < -0.3 is 9.84 Å². The number of rotatable bonds is 8. The van der Waals surface area contributed by atoms with Gasteiger partial charge in [0.25, 0.3) is 0 Å². The lowest BCUT2D eigenvalue weighted by atomic mass is 10.0. The Hall–Kier alpha value is -2.13. The summed E-state index contributed by atoms with van der Waals surface area (Å²) in [4.78, 5) is 12.3. The third kappa shape index (κ3) is 4.93. The molecule has 0 bridgehead atoms. The normalized spacial score (nSPS) is 12.1. The van der Waals surface area contributed by atoms with Gasteiger partial charge >= 0.3 is 0 Å². The summed E-state index contributed by atoms with van der Waals surface area (Å²) in [6.07, 6.45) is 2.85. The lowest BCUT2D eigenvalue weighted by molar-refractivity contribution is 0.0465. The van der Waals surface area contributed by atoms with Gasteiger partial charge in [-0.15, -0.1) is 0 Å². The summed E-state index contributed by atoms with van der Waals surface area (Å²) in [6.45, 7) is 4.58. The van der Waals surface area contributed by atoms with Gasteiger partial charge in [-0.25, -0.2) is 0 Å². The first-order valence-corrected chi connectivity index (χ1v) is 8.17. The van der Waals surface area contributed by atoms with Crippen LogP contribution in [-0.4, -0.2) is 23.6 Å². The highest BCUT2D eigenvalue weighted by molar-refractivity contribution is 5.99. The van der Waals surface area contributed by atoms with Crippen LogP contribution in [0.2, 0.25) is 0 Å². The molecule has 0 radical (unpaired) electrons. The average molecular weight is 312 g/mol. The third-order valence-electron chi connectivity index (χ3n) is 3.86. The number of phenolic OH excluding ortho intramolecular Hbond substituents is 1. The Morgan fingerprint density at radius 1 is 1.00 bits per heavy atom. The third-order valence-corrected chi connectivity index (χ3v) is 3.86. The number of ketones is 1. The largest absolute Gasteiger partial charge is 0.508 e. The Kier molecular flexibility index (Phi) is 6.36. The number of carbonyl (C=O) groups excluding carboxylic acids is 1. The Balaban J connectivity index is 1.98. The maximum absolute atomic E-state index is 12.3. The molecular weight excluding hydrogens is 288 g/mol. The van der Waals surface area contributed by atoms with E-state index in [-0.39, 0.29) is 11.5 Å². The van der Waals surface area contributed by atoms with Crippen molar-refractivity contribution in [1.29, 1.82) is 0 Å². The summed E-state index contributed by atoms with van der Waals surface area (Å²) in [5, 5.41) is 9.33. The smallest absolute Gasteiger partial charge is 0.191 e. The molecule has 0 spiro atoms. The van der Waals surface area contributed by atoms with E-state index >= 15 is 0 Å². The standard InChI is InChI=1S/C20H24O3/c1-3-4-5-14-23-15(2)20(22)18-8-6-16(7-9-18)17-10-12-19(21)13-11-17/h6-13,15,21H,3-5,14H2,1-2H3. The molecule has 0 aromatic heterocycles. The number of phenols is 1. The molecule has 0 amide bonds. The lowest BCUT2D eigenvalue weighted by Gasteiger charge is -2.12. The van der Waals surface area contributed by atoms with Crippen molar-refractivity contribution in [3.8, 4) is 16.9 Å². The zero-order valence-electron chi connectivity index (χ0n) is 13.8. The predicted molar refractivity (Wildman–Crippen MR) is 92.8 cm³/mol. The van der Waals surface area contributed by atoms with Gasteiger partial charge in [-0.1, -0.05) is 56.2 Å². The second-order valence-corrected chi connectivity index (χ2v) is 5.71. The quantitative estimate of drug-likeness (QED) is 0.560. The zero-order chi connectivity index (χ0) is 16.7. The second kappa shape index (κ2) is 8.49. The van der Waals surface area contributed by atoms with E-state index in [9.17, 15) is 9.90 Å². The minimum Gasteiger partial charge on any atom is -0.508 e. The predicted octanol–water partition coefficient (Wildman–Crippen LogP) is 4.84. The average Bonchev–Trinajstić information content (AvgIpc) is 2.59. The van der Waals surface area contributed by atoms with Crippen LogP contribution in [0, 0.1) is 0 Å². The summed E-state index contributed by atoms with van der Waals surface area (Å²) in [5.41, 5.74) is 2.68. The Bertz CT molecular complexity index is 614. The molecule has 3 heteroatoms. The van der Waals surface area contributed by atoms with E-state index in [4.69, 9.17) is 4.74 Å². The Morgan fingerprint density at radius 3 is 2.13 bits per heavy atom. The summed E-state index contributed by atoms with van der Waals surface area (Å²) in [7, 11) is 0. The van der Waals surface area contributed by atoms with Crippen LogP contribution in [0.5, 0.6) is 5.75 Å². The molecule has 2 aromatic carbocycles. The Labute approximate surface area is 137 Å². The van der Waals surface area contributed by atoms with Gasteiger partial charge in [0.15, 0.2) is 5.78 Å². The van der Waals surface area contributed by atoms with Crippen LogP contribution >= 0.6 is 0 Å². The minimum absolute atomic E-state index is 0.0127. The van der Waals surface area contributed by atoms with E-state index in [1.54, 1.807) is 12.1 Å². The SMILES string of the molecule is CCCCCOC(C)C(=O)c1ccc(-c2ccc(O)cc2)cc1. The fourth-order valence-corrected chi connectivity index (χ4v) is 2.40. The van der Waals surface area contributed by atoms with Gasteiger partial charge in [-0.2, -0.15) is 0 Å². The number of hydrogen-bond acceptors (Lipinski definition) is 3. The van der Waals surface area contributed by atoms with E-state index in [1.165, 1.54) is 0 Å². The number of unbranched alkanes of at least 4 members (excludes halogenated alkanes) is 2. The number of carbonyl (C=O) groups is 1. The second-order valence-electron chi connectivity index (χ2n) is 5.71. The molecule has 3 nitrogen and oxygen atoms in total. The first-order chi connectivity index (χ1) is 11.1. The minimum atomic E-state index is -0.411. The molecule has 1 N–H and O–H groups in total. The maximum atomic E-state index is 12.3. The van der Waals surface area contributed by atoms with E-state index in [2.05, 4.69) is 6.92 Å². The van der Waals surface area contributed by atoms with Crippen molar-refractivity contribution in [2.75, 3.05) is 6.61 Å². The van der Waals surface area contributed by atoms with Crippen molar-refractivity contribution in [1.82, 2.24) is 0 Å². The van der Waals surface area contributed by atoms with Crippen LogP contribution in [0.4, 0.5) is 0 Å². The monoisotopic (exact) mass is 312 g/mol. The maximum Gasteiger partial charge on any atom is 0.191 e. The topological polar surface area (TPSA) is 46.5 Å². The molecule has 122 valence electrons.